The van der Waals surface area contributed by atoms with Gasteiger partial charge in [-0.25, -0.2) is 4.79 Å². The van der Waals surface area contributed by atoms with Gasteiger partial charge in [0.25, 0.3) is 0 Å². The molecule has 0 atom stereocenters. The van der Waals surface area contributed by atoms with Crippen molar-refractivity contribution in [3.8, 4) is 11.5 Å². The molecule has 2 aromatic carbocycles. The molecule has 0 N–H and O–H groups in total. The molecule has 2 aromatic rings. The molecule has 0 fully saturated rings. The maximum atomic E-state index is 11.7. The van der Waals surface area contributed by atoms with Crippen LogP contribution in [0.3, 0.4) is 0 Å². The Morgan fingerprint density at radius 2 is 1.75 bits per heavy atom. The van der Waals surface area contributed by atoms with Crippen LogP contribution in [0.4, 0.5) is 0 Å². The highest BCUT2D eigenvalue weighted by Gasteiger charge is 2.10. The molecule has 0 aliphatic carbocycles. The molecular formula is C20H18O4. The molecule has 0 radical (unpaired) electrons. The number of hydrogen-bond acceptors (Lipinski definition) is 4. The standard InChI is InChI=1S/C20H18O4/c21-20(24-12-4-7-16-5-2-1-3-6-16)11-9-17-8-10-18-19(15-17)23-14-13-22-18/h1-11,15H,12-14H2/b7-4+,11-9+. The molecule has 1 heterocycles. The van der Waals surface area contributed by atoms with Gasteiger partial charge in [-0.1, -0.05) is 42.5 Å². The number of esters is 1. The zero-order valence-electron chi connectivity index (χ0n) is 13.2. The molecule has 1 aliphatic rings. The van der Waals surface area contributed by atoms with Crippen molar-refractivity contribution in [2.24, 2.45) is 0 Å². The molecule has 0 unspecified atom stereocenters. The lowest BCUT2D eigenvalue weighted by Gasteiger charge is -2.18. The van der Waals surface area contributed by atoms with E-state index in [9.17, 15) is 4.79 Å². The number of rotatable bonds is 5. The van der Waals surface area contributed by atoms with Crippen molar-refractivity contribution < 1.29 is 19.0 Å². The zero-order valence-corrected chi connectivity index (χ0v) is 13.2. The molecule has 0 bridgehead atoms. The van der Waals surface area contributed by atoms with E-state index >= 15 is 0 Å². The second-order valence-electron chi connectivity index (χ2n) is 5.18. The lowest BCUT2D eigenvalue weighted by Crippen LogP contribution is -2.15. The minimum atomic E-state index is -0.386. The summed E-state index contributed by atoms with van der Waals surface area (Å²) in [6.45, 7) is 1.33. The fraction of sp³-hybridized carbons (Fsp3) is 0.150. The van der Waals surface area contributed by atoms with E-state index in [1.54, 1.807) is 6.08 Å². The van der Waals surface area contributed by atoms with E-state index in [2.05, 4.69) is 0 Å². The van der Waals surface area contributed by atoms with Gasteiger partial charge in [0, 0.05) is 6.08 Å². The smallest absolute Gasteiger partial charge is 0.331 e. The van der Waals surface area contributed by atoms with Crippen LogP contribution >= 0.6 is 0 Å². The number of benzene rings is 2. The SMILES string of the molecule is O=C(/C=C/c1ccc2c(c1)OCCO2)OC/C=C/c1ccccc1. The first-order valence-electron chi connectivity index (χ1n) is 7.77. The Morgan fingerprint density at radius 1 is 0.958 bits per heavy atom. The van der Waals surface area contributed by atoms with E-state index in [0.717, 1.165) is 16.9 Å². The molecule has 0 aromatic heterocycles. The third-order valence-corrected chi connectivity index (χ3v) is 3.41. The van der Waals surface area contributed by atoms with E-state index in [-0.39, 0.29) is 12.6 Å². The van der Waals surface area contributed by atoms with Gasteiger partial charge in [0.15, 0.2) is 11.5 Å². The minimum absolute atomic E-state index is 0.235. The number of ether oxygens (including phenoxy) is 3. The number of carbonyl (C=O) groups is 1. The molecule has 0 spiro atoms. The van der Waals surface area contributed by atoms with Crippen LogP contribution in [-0.2, 0) is 9.53 Å². The predicted molar refractivity (Wildman–Crippen MR) is 92.9 cm³/mol. The zero-order chi connectivity index (χ0) is 16.6. The van der Waals surface area contributed by atoms with Crippen molar-refractivity contribution in [1.82, 2.24) is 0 Å². The van der Waals surface area contributed by atoms with Crippen molar-refractivity contribution >= 4 is 18.1 Å². The molecule has 4 nitrogen and oxygen atoms in total. The van der Waals surface area contributed by atoms with Crippen molar-refractivity contribution in [3.05, 3.63) is 71.8 Å². The van der Waals surface area contributed by atoms with Gasteiger partial charge in [0.2, 0.25) is 0 Å². The molecule has 0 amide bonds. The summed E-state index contributed by atoms with van der Waals surface area (Å²) in [4.78, 5) is 11.7. The van der Waals surface area contributed by atoms with Gasteiger partial charge in [-0.3, -0.25) is 0 Å². The van der Waals surface area contributed by atoms with Crippen LogP contribution in [-0.4, -0.2) is 25.8 Å². The molecule has 0 saturated heterocycles. The van der Waals surface area contributed by atoms with Gasteiger partial charge in [-0.2, -0.15) is 0 Å². The van der Waals surface area contributed by atoms with E-state index < -0.39 is 0 Å². The Bertz CT molecular complexity index is 747. The fourth-order valence-electron chi connectivity index (χ4n) is 2.25. The highest BCUT2D eigenvalue weighted by Crippen LogP contribution is 2.31. The third kappa shape index (κ3) is 4.49. The van der Waals surface area contributed by atoms with Gasteiger partial charge < -0.3 is 14.2 Å². The molecule has 3 rings (SSSR count). The minimum Gasteiger partial charge on any atom is -0.486 e. The molecular weight excluding hydrogens is 304 g/mol. The van der Waals surface area contributed by atoms with Crippen LogP contribution in [0.1, 0.15) is 11.1 Å². The molecule has 4 heteroatoms. The monoisotopic (exact) mass is 322 g/mol. The van der Waals surface area contributed by atoms with Gasteiger partial charge >= 0.3 is 5.97 Å². The third-order valence-electron chi connectivity index (χ3n) is 3.41. The molecule has 0 saturated carbocycles. The maximum absolute atomic E-state index is 11.7. The highest BCUT2D eigenvalue weighted by molar-refractivity contribution is 5.87. The molecule has 122 valence electrons. The van der Waals surface area contributed by atoms with Crippen LogP contribution in [0.25, 0.3) is 12.2 Å². The van der Waals surface area contributed by atoms with Crippen LogP contribution in [0, 0.1) is 0 Å². The highest BCUT2D eigenvalue weighted by atomic mass is 16.6. The van der Waals surface area contributed by atoms with Gasteiger partial charge in [-0.15, -0.1) is 0 Å². The number of fused-ring (bicyclic) bond motifs is 1. The average Bonchev–Trinajstić information content (AvgIpc) is 2.64. The summed E-state index contributed by atoms with van der Waals surface area (Å²) in [6, 6.07) is 15.4. The van der Waals surface area contributed by atoms with Crippen LogP contribution in [0.5, 0.6) is 11.5 Å². The first-order valence-corrected chi connectivity index (χ1v) is 7.77. The Morgan fingerprint density at radius 3 is 2.58 bits per heavy atom. The summed E-state index contributed by atoms with van der Waals surface area (Å²) in [5.41, 5.74) is 1.93. The summed E-state index contributed by atoms with van der Waals surface area (Å²) in [5, 5.41) is 0. The lowest BCUT2D eigenvalue weighted by molar-refractivity contribution is -0.136. The topological polar surface area (TPSA) is 44.8 Å². The Kier molecular flexibility index (Phi) is 5.30. The predicted octanol–water partition coefficient (Wildman–Crippen LogP) is 3.73. The summed E-state index contributed by atoms with van der Waals surface area (Å²) in [6.07, 6.45) is 6.83. The Hall–Kier alpha value is -3.01. The maximum Gasteiger partial charge on any atom is 0.331 e. The molecule has 1 aliphatic heterocycles. The van der Waals surface area contributed by atoms with Gasteiger partial charge in [0.05, 0.1) is 0 Å². The first kappa shape index (κ1) is 15.9. The van der Waals surface area contributed by atoms with Gasteiger partial charge in [-0.05, 0) is 35.4 Å². The number of hydrogen-bond donors (Lipinski definition) is 0. The molecule has 24 heavy (non-hydrogen) atoms. The Balaban J connectivity index is 1.49. The summed E-state index contributed by atoms with van der Waals surface area (Å²) in [5.74, 6) is 1.04. The van der Waals surface area contributed by atoms with Crippen molar-refractivity contribution in [2.45, 2.75) is 0 Å². The van der Waals surface area contributed by atoms with Crippen molar-refractivity contribution in [3.63, 3.8) is 0 Å². The van der Waals surface area contributed by atoms with Crippen molar-refractivity contribution in [2.75, 3.05) is 19.8 Å². The lowest BCUT2D eigenvalue weighted by atomic mass is 10.2. The van der Waals surface area contributed by atoms with Crippen LogP contribution in [0.2, 0.25) is 0 Å². The second kappa shape index (κ2) is 8.02. The fourth-order valence-corrected chi connectivity index (χ4v) is 2.25. The van der Waals surface area contributed by atoms with Gasteiger partial charge in [0.1, 0.15) is 19.8 Å². The quantitative estimate of drug-likeness (QED) is 0.621. The van der Waals surface area contributed by atoms with Crippen molar-refractivity contribution in [1.29, 1.82) is 0 Å². The van der Waals surface area contributed by atoms with Crippen LogP contribution in [0.15, 0.2) is 60.7 Å². The average molecular weight is 322 g/mol. The summed E-state index contributed by atoms with van der Waals surface area (Å²) >= 11 is 0. The van der Waals surface area contributed by atoms with E-state index in [1.165, 1.54) is 6.08 Å². The second-order valence-corrected chi connectivity index (χ2v) is 5.18. The summed E-state index contributed by atoms with van der Waals surface area (Å²) in [7, 11) is 0. The Labute approximate surface area is 141 Å². The normalized spacial score (nSPS) is 13.3. The van der Waals surface area contributed by atoms with Crippen LogP contribution < -0.4 is 9.47 Å². The number of carbonyl (C=O) groups excluding carboxylic acids is 1. The van der Waals surface area contributed by atoms with E-state index in [1.807, 2.05) is 60.7 Å². The largest absolute Gasteiger partial charge is 0.486 e. The van der Waals surface area contributed by atoms with E-state index in [4.69, 9.17) is 14.2 Å². The summed E-state index contributed by atoms with van der Waals surface area (Å²) < 4.78 is 16.1. The van der Waals surface area contributed by atoms with E-state index in [0.29, 0.717) is 19.0 Å². The first-order chi connectivity index (χ1) is 11.8.